The summed E-state index contributed by atoms with van der Waals surface area (Å²) in [6.07, 6.45) is 9.90. The van der Waals surface area contributed by atoms with Gasteiger partial charge in [0.15, 0.2) is 0 Å². The van der Waals surface area contributed by atoms with Crippen molar-refractivity contribution in [3.8, 4) is 46.0 Å². The molecule has 0 spiro atoms. The molecule has 20 heteroatoms. The SMILES string of the molecule is C=CC(=O)OCCCCOc1cc(C)c(C(=O)Oc2ccc(OC(=O)c3cc(C)c(OCCCCOC(=O)C=C)cc3C)c(C)c2)cc1C.C=CC(=O)OCCCCOc1ccc(C(=O)Oc2ccc(OC(=O)c3ccc(OCCCCOC(=O)C=C)cc3)c(C)c2)cc1. The molecule has 0 N–H and O–H groups in total. The van der Waals surface area contributed by atoms with Crippen LogP contribution in [0.4, 0.5) is 0 Å². The first-order valence-electron chi connectivity index (χ1n) is 30.4. The van der Waals surface area contributed by atoms with Gasteiger partial charge in [0.1, 0.15) is 46.0 Å². The molecule has 6 aromatic rings. The van der Waals surface area contributed by atoms with Crippen LogP contribution in [-0.4, -0.2) is 101 Å². The van der Waals surface area contributed by atoms with Crippen molar-refractivity contribution in [2.75, 3.05) is 52.9 Å². The van der Waals surface area contributed by atoms with Gasteiger partial charge in [0.25, 0.3) is 0 Å². The number of carbonyl (C=O) groups excluding carboxylic acids is 8. The monoisotopic (exact) mass is 1290 g/mol. The molecule has 0 aliphatic heterocycles. The second-order valence-electron chi connectivity index (χ2n) is 21.0. The van der Waals surface area contributed by atoms with E-state index in [1.165, 1.54) is 0 Å². The normalized spacial score (nSPS) is 10.4. The minimum Gasteiger partial charge on any atom is -0.494 e. The van der Waals surface area contributed by atoms with Gasteiger partial charge >= 0.3 is 47.8 Å². The van der Waals surface area contributed by atoms with Crippen LogP contribution < -0.4 is 37.9 Å². The fourth-order valence-corrected chi connectivity index (χ4v) is 8.43. The number of benzene rings is 6. The van der Waals surface area contributed by atoms with Crippen molar-refractivity contribution in [3.05, 3.63) is 215 Å². The van der Waals surface area contributed by atoms with Crippen molar-refractivity contribution in [1.82, 2.24) is 0 Å². The smallest absolute Gasteiger partial charge is 0.343 e. The Bertz CT molecular complexity index is 3620. The molecule has 0 radical (unpaired) electrons. The maximum Gasteiger partial charge on any atom is 0.343 e. The molecule has 0 aliphatic rings. The fraction of sp³-hybridized carbons (Fsp3) is 0.297. The molecule has 0 atom stereocenters. The van der Waals surface area contributed by atoms with Crippen LogP contribution in [0.15, 0.2) is 160 Å². The minimum absolute atomic E-state index is 0.297. The molecule has 0 aromatic heterocycles. The van der Waals surface area contributed by atoms with E-state index in [1.54, 1.807) is 130 Å². The van der Waals surface area contributed by atoms with Crippen LogP contribution in [0.25, 0.3) is 0 Å². The Morgan fingerprint density at radius 1 is 0.287 bits per heavy atom. The van der Waals surface area contributed by atoms with E-state index in [0.717, 1.165) is 35.4 Å². The quantitative estimate of drug-likeness (QED) is 0.0117. The number of unbranched alkanes of at least 4 members (excludes halogenated alkanes) is 4. The van der Waals surface area contributed by atoms with E-state index in [4.69, 9.17) is 56.8 Å². The van der Waals surface area contributed by atoms with Gasteiger partial charge in [-0.2, -0.15) is 0 Å². The maximum absolute atomic E-state index is 13.1. The molecule has 0 saturated carbocycles. The summed E-state index contributed by atoms with van der Waals surface area (Å²) in [5, 5.41) is 0. The highest BCUT2D eigenvalue weighted by molar-refractivity contribution is 5.95. The highest BCUT2D eigenvalue weighted by Crippen LogP contribution is 2.31. The van der Waals surface area contributed by atoms with Crippen LogP contribution in [0.2, 0.25) is 0 Å². The zero-order chi connectivity index (χ0) is 68.4. The zero-order valence-electron chi connectivity index (χ0n) is 54.0. The van der Waals surface area contributed by atoms with E-state index < -0.39 is 47.8 Å². The topological polar surface area (TPSA) is 247 Å². The summed E-state index contributed by atoms with van der Waals surface area (Å²) >= 11 is 0. The number of hydrogen-bond donors (Lipinski definition) is 0. The number of aryl methyl sites for hydroxylation is 6. The third kappa shape index (κ3) is 25.5. The number of esters is 8. The van der Waals surface area contributed by atoms with Crippen molar-refractivity contribution in [2.24, 2.45) is 0 Å². The van der Waals surface area contributed by atoms with Crippen LogP contribution in [0.3, 0.4) is 0 Å². The second-order valence-corrected chi connectivity index (χ2v) is 21.0. The van der Waals surface area contributed by atoms with E-state index in [-0.39, 0.29) is 0 Å². The van der Waals surface area contributed by atoms with Gasteiger partial charge in [-0.3, -0.25) is 0 Å². The minimum atomic E-state index is -0.548. The van der Waals surface area contributed by atoms with Gasteiger partial charge < -0.3 is 56.8 Å². The Hall–Kier alpha value is -10.8. The average molecular weight is 1290 g/mol. The molecule has 0 amide bonds. The Balaban J connectivity index is 0.000000342. The molecule has 94 heavy (non-hydrogen) atoms. The molecule has 0 heterocycles. The molecule has 6 rings (SSSR count). The van der Waals surface area contributed by atoms with Gasteiger partial charge in [-0.25, -0.2) is 38.4 Å². The largest absolute Gasteiger partial charge is 0.494 e. The lowest BCUT2D eigenvalue weighted by atomic mass is 10.0. The first-order chi connectivity index (χ1) is 45.2. The standard InChI is InChI=1S/C39H44O10.C35H36O10/c1-8-36(40)46-18-12-10-16-44-34-23-25(3)31(21-28(34)6)38(42)48-30-14-15-33(27(5)20-30)49-39(43)32-22-29(7)35(24-26(32)4)45-17-11-13-19-47-37(41)9-2;1-4-32(36)42-22-8-6-20-40-28-14-10-26(11-15-28)34(38)44-30-18-19-31(25(3)24-30)45-35(39)27-12-16-29(17-13-27)41-21-7-9-23-43-33(37)5-2/h8-9,14-15,20-24H,1-2,10-13,16-19H2,3-7H3;4-5,10-19,24H,1-2,6-9,20-23H2,3H3. The fourth-order valence-electron chi connectivity index (χ4n) is 8.43. The molecule has 6 aromatic carbocycles. The number of hydrogen-bond acceptors (Lipinski definition) is 20. The van der Waals surface area contributed by atoms with E-state index >= 15 is 0 Å². The molecule has 0 fully saturated rings. The Morgan fingerprint density at radius 3 is 0.904 bits per heavy atom. The van der Waals surface area contributed by atoms with Gasteiger partial charge in [-0.05, 0) is 235 Å². The highest BCUT2D eigenvalue weighted by Gasteiger charge is 2.20. The second kappa shape index (κ2) is 39.5. The summed E-state index contributed by atoms with van der Waals surface area (Å²) in [5.41, 5.74) is 5.67. The Labute approximate surface area is 547 Å². The van der Waals surface area contributed by atoms with Gasteiger partial charge in [0.2, 0.25) is 0 Å². The van der Waals surface area contributed by atoms with Crippen LogP contribution in [0.1, 0.15) is 126 Å². The predicted octanol–water partition coefficient (Wildman–Crippen LogP) is 13.7. The van der Waals surface area contributed by atoms with Crippen molar-refractivity contribution in [2.45, 2.75) is 92.9 Å². The first kappa shape index (κ1) is 74.0. The van der Waals surface area contributed by atoms with Crippen LogP contribution >= 0.6 is 0 Å². The Morgan fingerprint density at radius 2 is 0.564 bits per heavy atom. The van der Waals surface area contributed by atoms with Crippen molar-refractivity contribution < 1.29 is 95.2 Å². The average Bonchev–Trinajstić information content (AvgIpc) is 0.849. The van der Waals surface area contributed by atoms with E-state index in [0.29, 0.717) is 195 Å². The highest BCUT2D eigenvalue weighted by atomic mass is 16.6. The molecule has 0 saturated heterocycles. The molecular formula is C74H80O20. The van der Waals surface area contributed by atoms with Gasteiger partial charge in [-0.15, -0.1) is 0 Å². The summed E-state index contributed by atoms with van der Waals surface area (Å²) < 4.78 is 65.2. The molecule has 0 aliphatic carbocycles. The van der Waals surface area contributed by atoms with Crippen molar-refractivity contribution in [3.63, 3.8) is 0 Å². The summed E-state index contributed by atoms with van der Waals surface area (Å²) in [5.74, 6) is -0.137. The third-order valence-electron chi connectivity index (χ3n) is 13.6. The predicted molar refractivity (Wildman–Crippen MR) is 350 cm³/mol. The van der Waals surface area contributed by atoms with Crippen LogP contribution in [0, 0.1) is 41.5 Å². The van der Waals surface area contributed by atoms with Gasteiger partial charge in [-0.1, -0.05) is 26.3 Å². The van der Waals surface area contributed by atoms with Crippen LogP contribution in [-0.2, 0) is 38.1 Å². The number of ether oxygens (including phenoxy) is 12. The number of carbonyl (C=O) groups is 8. The van der Waals surface area contributed by atoms with E-state index in [2.05, 4.69) is 26.3 Å². The number of rotatable bonds is 36. The maximum atomic E-state index is 13.1. The molecule has 0 unspecified atom stereocenters. The Kier molecular flexibility index (Phi) is 31.1. The lowest BCUT2D eigenvalue weighted by Crippen LogP contribution is -2.13. The zero-order valence-corrected chi connectivity index (χ0v) is 54.0. The van der Waals surface area contributed by atoms with E-state index in [1.807, 2.05) is 20.8 Å². The molecule has 0 bridgehead atoms. The summed E-state index contributed by atoms with van der Waals surface area (Å²) in [6, 6.07) is 29.7. The van der Waals surface area contributed by atoms with Gasteiger partial charge in [0, 0.05) is 24.3 Å². The lowest BCUT2D eigenvalue weighted by molar-refractivity contribution is -0.138. The van der Waals surface area contributed by atoms with Crippen LogP contribution in [0.5, 0.6) is 46.0 Å². The molecule has 20 nitrogen and oxygen atoms in total. The van der Waals surface area contributed by atoms with Crippen molar-refractivity contribution >= 4 is 47.8 Å². The molecular weight excluding hydrogens is 1210 g/mol. The van der Waals surface area contributed by atoms with E-state index in [9.17, 15) is 38.4 Å². The molecule has 496 valence electrons. The van der Waals surface area contributed by atoms with Gasteiger partial charge in [0.05, 0.1) is 75.1 Å². The summed E-state index contributed by atoms with van der Waals surface area (Å²) in [6.45, 7) is 27.2. The van der Waals surface area contributed by atoms with Crippen molar-refractivity contribution in [1.29, 1.82) is 0 Å². The third-order valence-corrected chi connectivity index (χ3v) is 13.6. The first-order valence-corrected chi connectivity index (χ1v) is 30.4. The summed E-state index contributed by atoms with van der Waals surface area (Å²) in [4.78, 5) is 95.8. The lowest BCUT2D eigenvalue weighted by Gasteiger charge is -2.15. The summed E-state index contributed by atoms with van der Waals surface area (Å²) in [7, 11) is 0.